The molecule has 17 heavy (non-hydrogen) atoms. The van der Waals surface area contributed by atoms with Crippen molar-refractivity contribution in [3.8, 4) is 11.5 Å². The molecular weight excluding hydrogens is 224 g/mol. The van der Waals surface area contributed by atoms with Gasteiger partial charge in [0.15, 0.2) is 0 Å². The van der Waals surface area contributed by atoms with Crippen molar-refractivity contribution in [2.45, 2.75) is 6.04 Å². The predicted molar refractivity (Wildman–Crippen MR) is 63.2 cm³/mol. The van der Waals surface area contributed by atoms with Gasteiger partial charge in [-0.1, -0.05) is 0 Å². The van der Waals surface area contributed by atoms with Crippen LogP contribution in [0.2, 0.25) is 0 Å². The van der Waals surface area contributed by atoms with Crippen molar-refractivity contribution in [2.75, 3.05) is 26.1 Å². The summed E-state index contributed by atoms with van der Waals surface area (Å²) in [5, 5.41) is 11.3. The van der Waals surface area contributed by atoms with Crippen molar-refractivity contribution >= 4 is 11.6 Å². The van der Waals surface area contributed by atoms with E-state index < -0.39 is 18.6 Å². The molecule has 0 spiro atoms. The molecule has 0 saturated carbocycles. The van der Waals surface area contributed by atoms with E-state index in [9.17, 15) is 4.79 Å². The Hall–Kier alpha value is -1.79. The Labute approximate surface area is 99.3 Å². The molecule has 1 aromatic carbocycles. The Kier molecular flexibility index (Phi) is 4.74. The molecule has 0 heterocycles. The van der Waals surface area contributed by atoms with Crippen LogP contribution in [0.5, 0.6) is 11.5 Å². The first-order chi connectivity index (χ1) is 8.12. The van der Waals surface area contributed by atoms with E-state index in [-0.39, 0.29) is 0 Å². The molecule has 6 heteroatoms. The standard InChI is InChI=1S/C11H16N2O4/c1-16-7-3-4-9(10(5-7)17-2)13-11(15)8(12)6-14/h3-5,8,14H,6,12H2,1-2H3,(H,13,15). The number of rotatable bonds is 5. The fourth-order valence-electron chi connectivity index (χ4n) is 1.21. The average Bonchev–Trinajstić information content (AvgIpc) is 2.37. The van der Waals surface area contributed by atoms with E-state index in [0.29, 0.717) is 17.2 Å². The molecular formula is C11H16N2O4. The predicted octanol–water partition coefficient (Wildman–Crippen LogP) is -0.0381. The van der Waals surface area contributed by atoms with Crippen LogP contribution >= 0.6 is 0 Å². The summed E-state index contributed by atoms with van der Waals surface area (Å²) in [6, 6.07) is 4.00. The highest BCUT2D eigenvalue weighted by Crippen LogP contribution is 2.28. The van der Waals surface area contributed by atoms with Crippen LogP contribution in [0.25, 0.3) is 0 Å². The number of amides is 1. The van der Waals surface area contributed by atoms with Gasteiger partial charge >= 0.3 is 0 Å². The van der Waals surface area contributed by atoms with Crippen LogP contribution in [0.4, 0.5) is 5.69 Å². The monoisotopic (exact) mass is 240 g/mol. The van der Waals surface area contributed by atoms with Crippen molar-refractivity contribution in [3.63, 3.8) is 0 Å². The second-order valence-electron chi connectivity index (χ2n) is 3.34. The summed E-state index contributed by atoms with van der Waals surface area (Å²) < 4.78 is 10.1. The van der Waals surface area contributed by atoms with Gasteiger partial charge < -0.3 is 25.6 Å². The summed E-state index contributed by atoms with van der Waals surface area (Å²) in [4.78, 5) is 11.5. The van der Waals surface area contributed by atoms with Gasteiger partial charge in [0.05, 0.1) is 26.5 Å². The summed E-state index contributed by atoms with van der Waals surface area (Å²) in [6.45, 7) is -0.412. The molecule has 4 N–H and O–H groups in total. The molecule has 0 bridgehead atoms. The minimum atomic E-state index is -0.957. The number of nitrogens with one attached hydrogen (secondary N) is 1. The van der Waals surface area contributed by atoms with Crippen LogP contribution in [-0.2, 0) is 4.79 Å². The summed E-state index contributed by atoms with van der Waals surface area (Å²) in [7, 11) is 3.02. The lowest BCUT2D eigenvalue weighted by Gasteiger charge is -2.13. The van der Waals surface area contributed by atoms with Gasteiger partial charge in [0.2, 0.25) is 5.91 Å². The smallest absolute Gasteiger partial charge is 0.243 e. The van der Waals surface area contributed by atoms with Gasteiger partial charge in [0.25, 0.3) is 0 Å². The largest absolute Gasteiger partial charge is 0.497 e. The van der Waals surface area contributed by atoms with E-state index >= 15 is 0 Å². The highest BCUT2D eigenvalue weighted by molar-refractivity contribution is 5.96. The lowest BCUT2D eigenvalue weighted by molar-refractivity contribution is -0.118. The number of ether oxygens (including phenoxy) is 2. The first kappa shape index (κ1) is 13.3. The zero-order chi connectivity index (χ0) is 12.8. The quantitative estimate of drug-likeness (QED) is 0.671. The molecule has 0 fully saturated rings. The van der Waals surface area contributed by atoms with Crippen molar-refractivity contribution in [3.05, 3.63) is 18.2 Å². The summed E-state index contributed by atoms with van der Waals surface area (Å²) in [6.07, 6.45) is 0. The number of aliphatic hydroxyl groups is 1. The summed E-state index contributed by atoms with van der Waals surface area (Å²) in [5.41, 5.74) is 5.86. The van der Waals surface area contributed by atoms with Crippen LogP contribution in [0.1, 0.15) is 0 Å². The minimum absolute atomic E-state index is 0.412. The third-order valence-corrected chi connectivity index (χ3v) is 2.20. The average molecular weight is 240 g/mol. The van der Waals surface area contributed by atoms with Crippen molar-refractivity contribution in [1.29, 1.82) is 0 Å². The maximum Gasteiger partial charge on any atom is 0.243 e. The van der Waals surface area contributed by atoms with Crippen molar-refractivity contribution < 1.29 is 19.4 Å². The van der Waals surface area contributed by atoms with Crippen LogP contribution in [-0.4, -0.2) is 37.9 Å². The Morgan fingerprint density at radius 3 is 2.71 bits per heavy atom. The lowest BCUT2D eigenvalue weighted by Crippen LogP contribution is -2.38. The molecule has 0 aliphatic heterocycles. The summed E-state index contributed by atoms with van der Waals surface area (Å²) >= 11 is 0. The molecule has 1 amide bonds. The van der Waals surface area contributed by atoms with Crippen molar-refractivity contribution in [1.82, 2.24) is 0 Å². The van der Waals surface area contributed by atoms with Crippen LogP contribution in [0.15, 0.2) is 18.2 Å². The molecule has 1 unspecified atom stereocenters. The van der Waals surface area contributed by atoms with E-state index in [0.717, 1.165) is 0 Å². The zero-order valence-corrected chi connectivity index (χ0v) is 9.77. The number of methoxy groups -OCH3 is 2. The van der Waals surface area contributed by atoms with E-state index in [1.807, 2.05) is 0 Å². The van der Waals surface area contributed by atoms with E-state index in [4.69, 9.17) is 20.3 Å². The molecule has 1 aromatic rings. The van der Waals surface area contributed by atoms with Crippen molar-refractivity contribution in [2.24, 2.45) is 5.73 Å². The fraction of sp³-hybridized carbons (Fsp3) is 0.364. The second kappa shape index (κ2) is 6.07. The van der Waals surface area contributed by atoms with Gasteiger partial charge in [-0.05, 0) is 12.1 Å². The second-order valence-corrected chi connectivity index (χ2v) is 3.34. The van der Waals surface area contributed by atoms with Gasteiger partial charge in [-0.2, -0.15) is 0 Å². The van der Waals surface area contributed by atoms with Gasteiger partial charge in [-0.3, -0.25) is 4.79 Å². The van der Waals surface area contributed by atoms with Gasteiger partial charge in [0, 0.05) is 6.07 Å². The van der Waals surface area contributed by atoms with Gasteiger partial charge in [-0.25, -0.2) is 0 Å². The first-order valence-corrected chi connectivity index (χ1v) is 5.01. The third kappa shape index (κ3) is 3.33. The Balaban J connectivity index is 2.87. The first-order valence-electron chi connectivity index (χ1n) is 5.01. The molecule has 0 aliphatic carbocycles. The number of benzene rings is 1. The number of carbonyl (C=O) groups is 1. The van der Waals surface area contributed by atoms with E-state index in [1.165, 1.54) is 14.2 Å². The Morgan fingerprint density at radius 1 is 1.47 bits per heavy atom. The maximum absolute atomic E-state index is 11.5. The number of hydrogen-bond donors (Lipinski definition) is 3. The topological polar surface area (TPSA) is 93.8 Å². The molecule has 0 radical (unpaired) electrons. The molecule has 94 valence electrons. The number of aliphatic hydroxyl groups excluding tert-OH is 1. The molecule has 1 rings (SSSR count). The van der Waals surface area contributed by atoms with Crippen LogP contribution in [0.3, 0.4) is 0 Å². The molecule has 0 aromatic heterocycles. The molecule has 6 nitrogen and oxygen atoms in total. The third-order valence-electron chi connectivity index (χ3n) is 2.20. The highest BCUT2D eigenvalue weighted by atomic mass is 16.5. The van der Waals surface area contributed by atoms with E-state index in [2.05, 4.69) is 5.32 Å². The van der Waals surface area contributed by atoms with Crippen LogP contribution in [0, 0.1) is 0 Å². The number of anilines is 1. The molecule has 0 saturated heterocycles. The SMILES string of the molecule is COc1ccc(NC(=O)C(N)CO)c(OC)c1. The fourth-order valence-corrected chi connectivity index (χ4v) is 1.21. The highest BCUT2D eigenvalue weighted by Gasteiger charge is 2.14. The number of hydrogen-bond acceptors (Lipinski definition) is 5. The molecule has 1 atom stereocenters. The van der Waals surface area contributed by atoms with Crippen LogP contribution < -0.4 is 20.5 Å². The normalized spacial score (nSPS) is 11.8. The van der Waals surface area contributed by atoms with E-state index in [1.54, 1.807) is 18.2 Å². The number of carbonyl (C=O) groups excluding carboxylic acids is 1. The van der Waals surface area contributed by atoms with Gasteiger partial charge in [0.1, 0.15) is 17.5 Å². The Bertz CT molecular complexity index is 395. The maximum atomic E-state index is 11.5. The zero-order valence-electron chi connectivity index (χ0n) is 9.77. The molecule has 0 aliphatic rings. The summed E-state index contributed by atoms with van der Waals surface area (Å²) in [5.74, 6) is 0.602. The van der Waals surface area contributed by atoms with Gasteiger partial charge in [-0.15, -0.1) is 0 Å². The Morgan fingerprint density at radius 2 is 2.18 bits per heavy atom. The minimum Gasteiger partial charge on any atom is -0.497 e. The number of nitrogens with two attached hydrogens (primary N) is 1. The lowest BCUT2D eigenvalue weighted by atomic mass is 10.2.